The molecule has 0 aromatic heterocycles. The molecule has 1 N–H and O–H groups in total. The summed E-state index contributed by atoms with van der Waals surface area (Å²) >= 11 is 12.0. The van der Waals surface area contributed by atoms with Gasteiger partial charge in [0.2, 0.25) is 0 Å². The first-order valence-electron chi connectivity index (χ1n) is 9.95. The zero-order valence-corrected chi connectivity index (χ0v) is 18.8. The van der Waals surface area contributed by atoms with Gasteiger partial charge in [0.05, 0.1) is 36.1 Å². The van der Waals surface area contributed by atoms with Gasteiger partial charge in [0.25, 0.3) is 5.91 Å². The number of ether oxygens (including phenoxy) is 3. The molecule has 0 radical (unpaired) electrons. The summed E-state index contributed by atoms with van der Waals surface area (Å²) < 4.78 is 16.3. The van der Waals surface area contributed by atoms with Gasteiger partial charge in [-0.25, -0.2) is 4.79 Å². The van der Waals surface area contributed by atoms with Crippen LogP contribution < -0.4 is 15.0 Å². The molecule has 0 spiro atoms. The summed E-state index contributed by atoms with van der Waals surface area (Å²) in [7, 11) is 0. The topological polar surface area (TPSA) is 77.1 Å². The first-order chi connectivity index (χ1) is 14.9. The summed E-state index contributed by atoms with van der Waals surface area (Å²) in [5, 5.41) is 3.56. The van der Waals surface area contributed by atoms with Crippen LogP contribution in [0, 0.1) is 0 Å². The lowest BCUT2D eigenvalue weighted by Gasteiger charge is -2.30. The molecule has 7 nitrogen and oxygen atoms in total. The van der Waals surface area contributed by atoms with Gasteiger partial charge >= 0.3 is 5.97 Å². The third-order valence-electron chi connectivity index (χ3n) is 4.68. The van der Waals surface area contributed by atoms with Crippen molar-refractivity contribution in [1.29, 1.82) is 0 Å². The molecule has 1 heterocycles. The molecule has 1 fully saturated rings. The predicted molar refractivity (Wildman–Crippen MR) is 121 cm³/mol. The van der Waals surface area contributed by atoms with Crippen LogP contribution in [0.15, 0.2) is 36.4 Å². The molecule has 0 bridgehead atoms. The number of anilines is 2. The molecule has 1 atom stereocenters. The third kappa shape index (κ3) is 6.03. The van der Waals surface area contributed by atoms with E-state index in [1.807, 2.05) is 0 Å². The average molecular weight is 467 g/mol. The number of rotatable bonds is 7. The van der Waals surface area contributed by atoms with Gasteiger partial charge in [-0.1, -0.05) is 23.2 Å². The maximum absolute atomic E-state index is 12.6. The Labute approximate surface area is 191 Å². The average Bonchev–Trinajstić information content (AvgIpc) is 2.76. The van der Waals surface area contributed by atoms with Crippen LogP contribution in [0.5, 0.6) is 5.75 Å². The lowest BCUT2D eigenvalue weighted by Crippen LogP contribution is -2.37. The fourth-order valence-corrected chi connectivity index (χ4v) is 3.58. The number of morpholine rings is 1. The standard InChI is InChI=1S/C22H24Cl2N2O5/c1-3-30-22(28)17-13-16(5-6-19(17)26-8-10-29-11-9-26)25-21(27)14(2)31-20-7-4-15(23)12-18(20)24/h4-7,12-14H,3,8-11H2,1-2H3,(H,25,27)/t14-/m1/s1. The van der Waals surface area contributed by atoms with Crippen LogP contribution >= 0.6 is 23.2 Å². The molecule has 9 heteroatoms. The van der Waals surface area contributed by atoms with Crippen LogP contribution in [-0.2, 0) is 14.3 Å². The monoisotopic (exact) mass is 466 g/mol. The normalized spacial score (nSPS) is 14.6. The summed E-state index contributed by atoms with van der Waals surface area (Å²) in [4.78, 5) is 27.2. The van der Waals surface area contributed by atoms with Crippen molar-refractivity contribution in [1.82, 2.24) is 0 Å². The molecule has 1 aliphatic rings. The highest BCUT2D eigenvalue weighted by Crippen LogP contribution is 2.29. The molecule has 0 saturated carbocycles. The van der Waals surface area contributed by atoms with Crippen LogP contribution in [0.2, 0.25) is 10.0 Å². The largest absolute Gasteiger partial charge is 0.479 e. The summed E-state index contributed by atoms with van der Waals surface area (Å²) in [6, 6.07) is 9.93. The Morgan fingerprint density at radius 3 is 2.58 bits per heavy atom. The lowest BCUT2D eigenvalue weighted by molar-refractivity contribution is -0.122. The molecule has 2 aromatic rings. The quantitative estimate of drug-likeness (QED) is 0.608. The highest BCUT2D eigenvalue weighted by Gasteiger charge is 2.22. The Bertz CT molecular complexity index is 947. The fraction of sp³-hybridized carbons (Fsp3) is 0.364. The number of hydrogen-bond donors (Lipinski definition) is 1. The molecule has 1 amide bonds. The lowest BCUT2D eigenvalue weighted by atomic mass is 10.1. The van der Waals surface area contributed by atoms with Crippen LogP contribution in [-0.4, -0.2) is 50.9 Å². The molecular weight excluding hydrogens is 443 g/mol. The van der Waals surface area contributed by atoms with E-state index in [0.29, 0.717) is 53.3 Å². The number of hydrogen-bond acceptors (Lipinski definition) is 6. The van der Waals surface area contributed by atoms with Gasteiger partial charge in [0.1, 0.15) is 5.75 Å². The van der Waals surface area contributed by atoms with Crippen molar-refractivity contribution in [2.45, 2.75) is 20.0 Å². The molecule has 31 heavy (non-hydrogen) atoms. The molecule has 3 rings (SSSR count). The van der Waals surface area contributed by atoms with E-state index >= 15 is 0 Å². The number of carbonyl (C=O) groups excluding carboxylic acids is 2. The Morgan fingerprint density at radius 1 is 1.16 bits per heavy atom. The molecule has 0 aliphatic carbocycles. The smallest absolute Gasteiger partial charge is 0.340 e. The molecule has 1 saturated heterocycles. The van der Waals surface area contributed by atoms with E-state index in [4.69, 9.17) is 37.4 Å². The number of nitrogens with one attached hydrogen (secondary N) is 1. The minimum absolute atomic E-state index is 0.255. The van der Waals surface area contributed by atoms with Gasteiger partial charge < -0.3 is 24.4 Å². The van der Waals surface area contributed by atoms with Crippen molar-refractivity contribution < 1.29 is 23.8 Å². The van der Waals surface area contributed by atoms with Crippen molar-refractivity contribution in [2.24, 2.45) is 0 Å². The molecular formula is C22H24Cl2N2O5. The van der Waals surface area contributed by atoms with E-state index < -0.39 is 12.1 Å². The number of esters is 1. The molecule has 0 unspecified atom stereocenters. The van der Waals surface area contributed by atoms with Gasteiger partial charge in [0.15, 0.2) is 6.10 Å². The second-order valence-electron chi connectivity index (χ2n) is 6.88. The van der Waals surface area contributed by atoms with Gasteiger partial charge in [0, 0.05) is 23.8 Å². The second kappa shape index (κ2) is 10.7. The second-order valence-corrected chi connectivity index (χ2v) is 7.72. The SMILES string of the molecule is CCOC(=O)c1cc(NC(=O)[C@@H](C)Oc2ccc(Cl)cc2Cl)ccc1N1CCOCC1. The van der Waals surface area contributed by atoms with Crippen molar-refractivity contribution >= 4 is 46.5 Å². The van der Waals surface area contributed by atoms with Crippen LogP contribution in [0.25, 0.3) is 0 Å². The maximum Gasteiger partial charge on any atom is 0.340 e. The van der Waals surface area contributed by atoms with E-state index in [9.17, 15) is 9.59 Å². The van der Waals surface area contributed by atoms with E-state index in [-0.39, 0.29) is 12.5 Å². The fourth-order valence-electron chi connectivity index (χ4n) is 3.12. The summed E-state index contributed by atoms with van der Waals surface area (Å²) in [5.74, 6) is -0.485. The van der Waals surface area contributed by atoms with Crippen molar-refractivity contribution in [3.8, 4) is 5.75 Å². The first-order valence-corrected chi connectivity index (χ1v) is 10.7. The minimum atomic E-state index is -0.830. The van der Waals surface area contributed by atoms with Crippen molar-refractivity contribution in [3.63, 3.8) is 0 Å². The Kier molecular flexibility index (Phi) is 8.01. The Hall–Kier alpha value is -2.48. The summed E-state index contributed by atoms with van der Waals surface area (Å²) in [6.07, 6.45) is -0.830. The van der Waals surface area contributed by atoms with E-state index in [1.165, 1.54) is 0 Å². The molecule has 2 aromatic carbocycles. The van der Waals surface area contributed by atoms with Crippen molar-refractivity contribution in [2.75, 3.05) is 43.1 Å². The zero-order chi connectivity index (χ0) is 22.4. The van der Waals surface area contributed by atoms with Crippen LogP contribution in [0.3, 0.4) is 0 Å². The highest BCUT2D eigenvalue weighted by atomic mass is 35.5. The van der Waals surface area contributed by atoms with E-state index in [2.05, 4.69) is 10.2 Å². The predicted octanol–water partition coefficient (Wildman–Crippen LogP) is 4.41. The summed E-state index contributed by atoms with van der Waals surface area (Å²) in [5.41, 5.74) is 1.59. The number of benzene rings is 2. The minimum Gasteiger partial charge on any atom is -0.479 e. The first kappa shape index (κ1) is 23.2. The summed E-state index contributed by atoms with van der Waals surface area (Å²) in [6.45, 7) is 6.12. The van der Waals surface area contributed by atoms with E-state index in [1.54, 1.807) is 50.2 Å². The number of carbonyl (C=O) groups is 2. The van der Waals surface area contributed by atoms with Gasteiger partial charge in [-0.2, -0.15) is 0 Å². The Morgan fingerprint density at radius 2 is 1.90 bits per heavy atom. The molecule has 166 valence electrons. The van der Waals surface area contributed by atoms with Crippen LogP contribution in [0.1, 0.15) is 24.2 Å². The third-order valence-corrected chi connectivity index (χ3v) is 5.21. The number of amides is 1. The maximum atomic E-state index is 12.6. The zero-order valence-electron chi connectivity index (χ0n) is 17.3. The van der Waals surface area contributed by atoms with E-state index in [0.717, 1.165) is 5.69 Å². The highest BCUT2D eigenvalue weighted by molar-refractivity contribution is 6.35. The molecule has 1 aliphatic heterocycles. The van der Waals surface area contributed by atoms with Crippen molar-refractivity contribution in [3.05, 3.63) is 52.0 Å². The number of halogens is 2. The number of nitrogens with zero attached hydrogens (tertiary/aromatic N) is 1. The van der Waals surface area contributed by atoms with Gasteiger partial charge in [-0.3, -0.25) is 4.79 Å². The van der Waals surface area contributed by atoms with Crippen LogP contribution in [0.4, 0.5) is 11.4 Å². The van der Waals surface area contributed by atoms with Gasteiger partial charge in [-0.05, 0) is 50.2 Å². The Balaban J connectivity index is 1.75. The van der Waals surface area contributed by atoms with Gasteiger partial charge in [-0.15, -0.1) is 0 Å².